The Balaban J connectivity index is 1.46. The molecule has 23 heavy (non-hydrogen) atoms. The molecule has 4 aliphatic rings. The van der Waals surface area contributed by atoms with Crippen molar-refractivity contribution >= 4 is 5.91 Å². The maximum Gasteiger partial charge on any atom is 0.280 e. The van der Waals surface area contributed by atoms with Crippen molar-refractivity contribution in [3.63, 3.8) is 0 Å². The number of amides is 1. The molecule has 4 fully saturated rings. The van der Waals surface area contributed by atoms with Gasteiger partial charge in [0.15, 0.2) is 0 Å². The maximum atomic E-state index is 13.0. The largest absolute Gasteiger partial charge is 0.349 e. The molecular formula is C17H23F2N3O. The molecule has 1 N–H and O–H groups in total. The number of aromatic nitrogens is 2. The molecule has 4 bridgehead atoms. The van der Waals surface area contributed by atoms with Gasteiger partial charge in [-0.05, 0) is 69.3 Å². The van der Waals surface area contributed by atoms with E-state index in [2.05, 4.69) is 10.4 Å². The van der Waals surface area contributed by atoms with Crippen LogP contribution >= 0.6 is 0 Å². The van der Waals surface area contributed by atoms with Crippen molar-refractivity contribution < 1.29 is 13.6 Å². The van der Waals surface area contributed by atoms with Gasteiger partial charge in [-0.25, -0.2) is 8.78 Å². The van der Waals surface area contributed by atoms with E-state index in [-0.39, 0.29) is 23.7 Å². The summed E-state index contributed by atoms with van der Waals surface area (Å²) >= 11 is 0. The summed E-state index contributed by atoms with van der Waals surface area (Å²) in [6.07, 6.45) is 4.50. The van der Waals surface area contributed by atoms with Crippen molar-refractivity contribution in [3.05, 3.63) is 17.5 Å². The van der Waals surface area contributed by atoms with Crippen LogP contribution in [0.4, 0.5) is 8.78 Å². The molecule has 1 aromatic heterocycles. The maximum absolute atomic E-state index is 13.0. The molecule has 4 nitrogen and oxygen atoms in total. The van der Waals surface area contributed by atoms with Crippen LogP contribution in [0.1, 0.15) is 56.3 Å². The fourth-order valence-corrected chi connectivity index (χ4v) is 5.60. The van der Waals surface area contributed by atoms with E-state index in [1.165, 1.54) is 25.3 Å². The number of carbonyl (C=O) groups is 1. The summed E-state index contributed by atoms with van der Waals surface area (Å²) in [5, 5.41) is 7.25. The van der Waals surface area contributed by atoms with Crippen LogP contribution in [-0.2, 0) is 11.3 Å². The highest BCUT2D eigenvalue weighted by Gasteiger charge is 2.51. The Morgan fingerprint density at radius 2 is 1.87 bits per heavy atom. The van der Waals surface area contributed by atoms with Gasteiger partial charge >= 0.3 is 0 Å². The molecule has 126 valence electrons. The van der Waals surface area contributed by atoms with Crippen molar-refractivity contribution in [3.8, 4) is 0 Å². The first kappa shape index (κ1) is 15.1. The lowest BCUT2D eigenvalue weighted by molar-refractivity contribution is -0.127. The lowest BCUT2D eigenvalue weighted by atomic mass is 9.53. The highest BCUT2D eigenvalue weighted by molar-refractivity contribution is 5.76. The average Bonchev–Trinajstić information content (AvgIpc) is 2.77. The van der Waals surface area contributed by atoms with E-state index in [0.717, 1.165) is 41.7 Å². The van der Waals surface area contributed by atoms with Gasteiger partial charge < -0.3 is 5.32 Å². The van der Waals surface area contributed by atoms with Gasteiger partial charge in [-0.15, -0.1) is 0 Å². The number of alkyl halides is 2. The van der Waals surface area contributed by atoms with E-state index in [4.69, 9.17) is 0 Å². The zero-order valence-corrected chi connectivity index (χ0v) is 13.4. The first-order chi connectivity index (χ1) is 10.9. The van der Waals surface area contributed by atoms with E-state index in [9.17, 15) is 13.6 Å². The molecule has 6 heteroatoms. The van der Waals surface area contributed by atoms with Gasteiger partial charge in [0.2, 0.25) is 5.91 Å². The van der Waals surface area contributed by atoms with E-state index < -0.39 is 6.43 Å². The summed E-state index contributed by atoms with van der Waals surface area (Å²) in [5.74, 6) is 2.04. The normalized spacial score (nSPS) is 35.0. The molecule has 5 rings (SSSR count). The van der Waals surface area contributed by atoms with Crippen LogP contribution in [0.25, 0.3) is 0 Å². The van der Waals surface area contributed by atoms with Crippen molar-refractivity contribution in [1.82, 2.24) is 15.1 Å². The number of hydrogen-bond acceptors (Lipinski definition) is 2. The van der Waals surface area contributed by atoms with Crippen LogP contribution < -0.4 is 5.32 Å². The van der Waals surface area contributed by atoms with Gasteiger partial charge in [0.1, 0.15) is 12.2 Å². The van der Waals surface area contributed by atoms with E-state index in [1.54, 1.807) is 6.92 Å². The van der Waals surface area contributed by atoms with Crippen LogP contribution in [-0.4, -0.2) is 21.2 Å². The smallest absolute Gasteiger partial charge is 0.280 e. The average molecular weight is 323 g/mol. The Bertz CT molecular complexity index is 590. The minimum absolute atomic E-state index is 0.0843. The topological polar surface area (TPSA) is 46.9 Å². The second-order valence-corrected chi connectivity index (χ2v) is 7.91. The zero-order valence-electron chi connectivity index (χ0n) is 13.4. The summed E-state index contributed by atoms with van der Waals surface area (Å²) in [6.45, 7) is 1.55. The molecule has 0 atom stereocenters. The molecule has 4 saturated carbocycles. The SMILES string of the molecule is Cc1cc(C(F)F)n(CC(=O)NC23CC4CC(CC(C4)C2)C3)n1. The number of aryl methyl sites for hydroxylation is 1. The lowest BCUT2D eigenvalue weighted by Crippen LogP contribution is -2.60. The molecule has 0 unspecified atom stereocenters. The van der Waals surface area contributed by atoms with Gasteiger partial charge in [0.05, 0.1) is 5.69 Å². The lowest BCUT2D eigenvalue weighted by Gasteiger charge is -2.56. The third-order valence-electron chi connectivity index (χ3n) is 5.89. The van der Waals surface area contributed by atoms with E-state index in [0.29, 0.717) is 5.69 Å². The van der Waals surface area contributed by atoms with E-state index >= 15 is 0 Å². The molecule has 4 aliphatic carbocycles. The molecule has 0 radical (unpaired) electrons. The monoisotopic (exact) mass is 323 g/mol. The van der Waals surface area contributed by atoms with Gasteiger partial charge in [0, 0.05) is 5.54 Å². The first-order valence-electron chi connectivity index (χ1n) is 8.56. The number of nitrogens with one attached hydrogen (secondary N) is 1. The van der Waals surface area contributed by atoms with E-state index in [1.807, 2.05) is 0 Å². The highest BCUT2D eigenvalue weighted by Crippen LogP contribution is 2.55. The summed E-state index contributed by atoms with van der Waals surface area (Å²) in [5.41, 5.74) is 0.255. The Hall–Kier alpha value is -1.46. The van der Waals surface area contributed by atoms with Crippen LogP contribution in [0.3, 0.4) is 0 Å². The zero-order chi connectivity index (χ0) is 16.2. The second-order valence-electron chi connectivity index (χ2n) is 7.91. The first-order valence-corrected chi connectivity index (χ1v) is 8.56. The third kappa shape index (κ3) is 2.76. The van der Waals surface area contributed by atoms with Crippen molar-refractivity contribution in [2.75, 3.05) is 0 Å². The van der Waals surface area contributed by atoms with Gasteiger partial charge in [-0.1, -0.05) is 0 Å². The molecule has 0 aromatic carbocycles. The summed E-state index contributed by atoms with van der Waals surface area (Å²) in [4.78, 5) is 12.5. The number of hydrogen-bond donors (Lipinski definition) is 1. The minimum Gasteiger partial charge on any atom is -0.349 e. The summed E-state index contributed by atoms with van der Waals surface area (Å²) in [6, 6.07) is 1.35. The third-order valence-corrected chi connectivity index (χ3v) is 5.89. The summed E-state index contributed by atoms with van der Waals surface area (Å²) < 4.78 is 27.2. The predicted octanol–water partition coefficient (Wildman–Crippen LogP) is 3.21. The second kappa shape index (κ2) is 5.28. The van der Waals surface area contributed by atoms with Crippen molar-refractivity contribution in [1.29, 1.82) is 0 Å². The standard InChI is InChI=1S/C17H23F2N3O/c1-10-2-14(16(18)19)22(21-10)9-15(23)20-17-6-11-3-12(7-17)5-13(4-11)8-17/h2,11-13,16H,3-9H2,1H3,(H,20,23). The van der Waals surface area contributed by atoms with Crippen molar-refractivity contribution in [2.45, 2.75) is 64.0 Å². The highest BCUT2D eigenvalue weighted by atomic mass is 19.3. The molecule has 0 aliphatic heterocycles. The summed E-state index contributed by atoms with van der Waals surface area (Å²) in [7, 11) is 0. The molecular weight excluding hydrogens is 300 g/mol. The van der Waals surface area contributed by atoms with Crippen LogP contribution in [0.2, 0.25) is 0 Å². The minimum atomic E-state index is -2.61. The Morgan fingerprint density at radius 3 is 2.39 bits per heavy atom. The van der Waals surface area contributed by atoms with Crippen LogP contribution in [0.15, 0.2) is 6.07 Å². The number of rotatable bonds is 4. The molecule has 1 aromatic rings. The van der Waals surface area contributed by atoms with Crippen LogP contribution in [0, 0.1) is 24.7 Å². The Morgan fingerprint density at radius 1 is 1.30 bits per heavy atom. The molecule has 0 spiro atoms. The fraction of sp³-hybridized carbons (Fsp3) is 0.765. The Labute approximate surface area is 134 Å². The quantitative estimate of drug-likeness (QED) is 0.925. The number of halogens is 2. The number of carbonyl (C=O) groups excluding carboxylic acids is 1. The number of nitrogens with zero attached hydrogens (tertiary/aromatic N) is 2. The van der Waals surface area contributed by atoms with Gasteiger partial charge in [-0.2, -0.15) is 5.10 Å². The van der Waals surface area contributed by atoms with Crippen LogP contribution in [0.5, 0.6) is 0 Å². The van der Waals surface area contributed by atoms with Gasteiger partial charge in [-0.3, -0.25) is 9.48 Å². The predicted molar refractivity (Wildman–Crippen MR) is 81.0 cm³/mol. The Kier molecular flexibility index (Phi) is 3.46. The van der Waals surface area contributed by atoms with Crippen molar-refractivity contribution in [2.24, 2.45) is 17.8 Å². The molecule has 1 amide bonds. The molecule has 1 heterocycles. The fourth-order valence-electron chi connectivity index (χ4n) is 5.60. The molecule has 0 saturated heterocycles. The van der Waals surface area contributed by atoms with Gasteiger partial charge in [0.25, 0.3) is 6.43 Å².